The summed E-state index contributed by atoms with van der Waals surface area (Å²) in [5.41, 5.74) is 0. The van der Waals surface area contributed by atoms with Gasteiger partial charge in [0.05, 0.1) is 6.54 Å². The fourth-order valence-corrected chi connectivity index (χ4v) is 2.16. The Kier molecular flexibility index (Phi) is 5.92. The second kappa shape index (κ2) is 6.97. The van der Waals surface area contributed by atoms with E-state index < -0.39 is 0 Å². The molecule has 17 heavy (non-hydrogen) atoms. The van der Waals surface area contributed by atoms with Gasteiger partial charge in [-0.05, 0) is 38.9 Å². The monoisotopic (exact) mass is 241 g/mol. The predicted molar refractivity (Wildman–Crippen MR) is 71.0 cm³/mol. The van der Waals surface area contributed by atoms with Crippen molar-refractivity contribution >= 4 is 5.91 Å². The van der Waals surface area contributed by atoms with Gasteiger partial charge in [0, 0.05) is 19.6 Å². The number of likely N-dealkylation sites (tertiary alicyclic amines) is 1. The molecule has 0 unspecified atom stereocenters. The van der Waals surface area contributed by atoms with Crippen LogP contribution in [0.4, 0.5) is 0 Å². The molecule has 0 aromatic rings. The van der Waals surface area contributed by atoms with Gasteiger partial charge in [-0.2, -0.15) is 0 Å². The van der Waals surface area contributed by atoms with Crippen LogP contribution in [0.25, 0.3) is 0 Å². The molecule has 4 nitrogen and oxygen atoms in total. The Bertz CT molecular complexity index is 235. The van der Waals surface area contributed by atoms with Crippen LogP contribution < -0.4 is 5.32 Å². The van der Waals surface area contributed by atoms with E-state index in [0.29, 0.717) is 18.5 Å². The maximum Gasteiger partial charge on any atom is 0.236 e. The number of carbonyl (C=O) groups is 1. The molecule has 0 aliphatic carbocycles. The van der Waals surface area contributed by atoms with Gasteiger partial charge in [-0.15, -0.1) is 0 Å². The van der Waals surface area contributed by atoms with Crippen molar-refractivity contribution in [2.24, 2.45) is 5.92 Å². The predicted octanol–water partition coefficient (Wildman–Crippen LogP) is 0.785. The van der Waals surface area contributed by atoms with Crippen molar-refractivity contribution in [2.75, 3.05) is 40.3 Å². The number of piperidine rings is 1. The second-order valence-corrected chi connectivity index (χ2v) is 5.56. The Hall–Kier alpha value is -0.610. The summed E-state index contributed by atoms with van der Waals surface area (Å²) in [4.78, 5) is 16.1. The van der Waals surface area contributed by atoms with Crippen LogP contribution in [-0.4, -0.2) is 62.0 Å². The van der Waals surface area contributed by atoms with Gasteiger partial charge in [0.25, 0.3) is 0 Å². The summed E-state index contributed by atoms with van der Waals surface area (Å²) in [6.45, 7) is 7.82. The van der Waals surface area contributed by atoms with E-state index in [0.717, 1.165) is 19.6 Å². The Labute approximate surface area is 105 Å². The summed E-state index contributed by atoms with van der Waals surface area (Å²) in [6.07, 6.45) is 2.43. The molecule has 4 heteroatoms. The number of likely N-dealkylation sites (N-methyl/N-ethyl adjacent to an activating group) is 1. The molecule has 0 spiro atoms. The van der Waals surface area contributed by atoms with E-state index in [4.69, 9.17) is 0 Å². The van der Waals surface area contributed by atoms with E-state index in [2.05, 4.69) is 31.1 Å². The number of rotatable bonds is 5. The third-order valence-electron chi connectivity index (χ3n) is 3.46. The van der Waals surface area contributed by atoms with Crippen molar-refractivity contribution < 1.29 is 4.79 Å². The van der Waals surface area contributed by atoms with Gasteiger partial charge in [-0.25, -0.2) is 0 Å². The first-order chi connectivity index (χ1) is 7.99. The highest BCUT2D eigenvalue weighted by molar-refractivity contribution is 5.77. The molecule has 1 aliphatic rings. The number of nitrogens with one attached hydrogen (secondary N) is 1. The van der Waals surface area contributed by atoms with Crippen LogP contribution in [0.5, 0.6) is 0 Å². The smallest absolute Gasteiger partial charge is 0.236 e. The molecule has 1 N–H and O–H groups in total. The Morgan fingerprint density at radius 1 is 1.41 bits per heavy atom. The molecule has 100 valence electrons. The Balaban J connectivity index is 2.23. The molecule has 1 saturated heterocycles. The van der Waals surface area contributed by atoms with Crippen molar-refractivity contribution in [2.45, 2.75) is 32.7 Å². The van der Waals surface area contributed by atoms with Crippen molar-refractivity contribution in [3.63, 3.8) is 0 Å². The van der Waals surface area contributed by atoms with Gasteiger partial charge in [-0.3, -0.25) is 4.79 Å². The zero-order valence-corrected chi connectivity index (χ0v) is 11.7. The van der Waals surface area contributed by atoms with Crippen LogP contribution in [0, 0.1) is 5.92 Å². The Morgan fingerprint density at radius 2 is 2.00 bits per heavy atom. The average molecular weight is 241 g/mol. The Morgan fingerprint density at radius 3 is 2.53 bits per heavy atom. The minimum Gasteiger partial charge on any atom is -0.344 e. The average Bonchev–Trinajstić information content (AvgIpc) is 2.28. The molecule has 1 rings (SSSR count). The topological polar surface area (TPSA) is 35.6 Å². The summed E-state index contributed by atoms with van der Waals surface area (Å²) < 4.78 is 0. The van der Waals surface area contributed by atoms with E-state index in [1.165, 1.54) is 12.8 Å². The van der Waals surface area contributed by atoms with Gasteiger partial charge in [-0.1, -0.05) is 13.8 Å². The molecule has 0 aromatic heterocycles. The highest BCUT2D eigenvalue weighted by Gasteiger charge is 2.20. The fourth-order valence-electron chi connectivity index (χ4n) is 2.16. The molecule has 0 atom stereocenters. The zero-order valence-electron chi connectivity index (χ0n) is 11.7. The van der Waals surface area contributed by atoms with Gasteiger partial charge in [0.1, 0.15) is 0 Å². The quantitative estimate of drug-likeness (QED) is 0.773. The van der Waals surface area contributed by atoms with Crippen LogP contribution >= 0.6 is 0 Å². The summed E-state index contributed by atoms with van der Waals surface area (Å²) >= 11 is 0. The number of amides is 1. The van der Waals surface area contributed by atoms with Crippen LogP contribution in [0.1, 0.15) is 26.7 Å². The van der Waals surface area contributed by atoms with E-state index >= 15 is 0 Å². The minimum atomic E-state index is 0.206. The third-order valence-corrected chi connectivity index (χ3v) is 3.46. The van der Waals surface area contributed by atoms with Gasteiger partial charge >= 0.3 is 0 Å². The molecule has 1 amide bonds. The molecule has 1 heterocycles. The fraction of sp³-hybridized carbons (Fsp3) is 0.923. The first kappa shape index (κ1) is 14.5. The van der Waals surface area contributed by atoms with Gasteiger partial charge in [0.15, 0.2) is 0 Å². The van der Waals surface area contributed by atoms with Gasteiger partial charge in [0.2, 0.25) is 5.91 Å². The molecule has 0 aromatic carbocycles. The lowest BCUT2D eigenvalue weighted by Crippen LogP contribution is -2.42. The number of carbonyl (C=O) groups excluding carboxylic acids is 1. The number of hydrogen-bond donors (Lipinski definition) is 1. The van der Waals surface area contributed by atoms with Crippen LogP contribution in [-0.2, 0) is 4.79 Å². The summed E-state index contributed by atoms with van der Waals surface area (Å²) in [7, 11) is 4.08. The van der Waals surface area contributed by atoms with Crippen molar-refractivity contribution in [3.8, 4) is 0 Å². The van der Waals surface area contributed by atoms with Crippen LogP contribution in [0.15, 0.2) is 0 Å². The summed E-state index contributed by atoms with van der Waals surface area (Å²) in [6, 6.07) is 0.371. The highest BCUT2D eigenvalue weighted by Crippen LogP contribution is 2.16. The van der Waals surface area contributed by atoms with E-state index in [-0.39, 0.29) is 5.91 Å². The number of hydrogen-bond acceptors (Lipinski definition) is 3. The van der Waals surface area contributed by atoms with E-state index in [1.807, 2.05) is 11.9 Å². The molecule has 1 aliphatic heterocycles. The van der Waals surface area contributed by atoms with Crippen molar-refractivity contribution in [1.82, 2.24) is 15.1 Å². The van der Waals surface area contributed by atoms with Crippen LogP contribution in [0.3, 0.4) is 0 Å². The van der Waals surface area contributed by atoms with Gasteiger partial charge < -0.3 is 15.1 Å². The first-order valence-electron chi connectivity index (χ1n) is 6.65. The number of nitrogens with zero attached hydrogens (tertiary/aromatic N) is 2. The zero-order chi connectivity index (χ0) is 12.8. The molecule has 0 bridgehead atoms. The lowest BCUT2D eigenvalue weighted by molar-refractivity contribution is -0.129. The third kappa shape index (κ3) is 5.50. The lowest BCUT2D eigenvalue weighted by Gasteiger charge is -2.31. The van der Waals surface area contributed by atoms with Crippen molar-refractivity contribution in [3.05, 3.63) is 0 Å². The largest absolute Gasteiger partial charge is 0.344 e. The van der Waals surface area contributed by atoms with Crippen LogP contribution in [0.2, 0.25) is 0 Å². The normalized spacial score (nSPS) is 18.6. The van der Waals surface area contributed by atoms with E-state index in [9.17, 15) is 4.79 Å². The maximum absolute atomic E-state index is 11.8. The van der Waals surface area contributed by atoms with Crippen molar-refractivity contribution in [1.29, 1.82) is 0 Å². The molecule has 0 radical (unpaired) electrons. The maximum atomic E-state index is 11.8. The standard InChI is InChI=1S/C13H27N3O/c1-11(2)14-9-13(17)16(4)10-12-5-7-15(3)8-6-12/h11-12,14H,5-10H2,1-4H3. The SMILES string of the molecule is CC(C)NCC(=O)N(C)CC1CCN(C)CC1. The molecular weight excluding hydrogens is 214 g/mol. The molecule has 1 fully saturated rings. The lowest BCUT2D eigenvalue weighted by atomic mass is 9.97. The highest BCUT2D eigenvalue weighted by atomic mass is 16.2. The molecular formula is C13H27N3O. The van der Waals surface area contributed by atoms with E-state index in [1.54, 1.807) is 0 Å². The molecule has 0 saturated carbocycles. The second-order valence-electron chi connectivity index (χ2n) is 5.56. The minimum absolute atomic E-state index is 0.206. The first-order valence-corrected chi connectivity index (χ1v) is 6.65. The summed E-state index contributed by atoms with van der Waals surface area (Å²) in [5, 5.41) is 3.17. The summed E-state index contributed by atoms with van der Waals surface area (Å²) in [5.74, 6) is 0.886.